The predicted molar refractivity (Wildman–Crippen MR) is 178 cm³/mol. The van der Waals surface area contributed by atoms with Gasteiger partial charge in [0.05, 0.1) is 25.1 Å². The van der Waals surface area contributed by atoms with Crippen molar-refractivity contribution in [2.24, 2.45) is 17.8 Å². The number of nitrogens with one attached hydrogen (secondary N) is 3. The molecule has 15 heteroatoms. The molecule has 2 aliphatic carbocycles. The number of fused-ring (bicyclic) bond motifs is 3. The lowest BCUT2D eigenvalue weighted by Gasteiger charge is -2.31. The Labute approximate surface area is 285 Å². The van der Waals surface area contributed by atoms with Crippen LogP contribution in [0.15, 0.2) is 42.6 Å². The Kier molecular flexibility index (Phi) is 9.48. The molecular formula is C34H43N5O9S. The van der Waals surface area contributed by atoms with Gasteiger partial charge in [-0.1, -0.05) is 50.6 Å². The third kappa shape index (κ3) is 7.17. The molecule has 2 aliphatic heterocycles. The minimum Gasteiger partial charge on any atom is -0.494 e. The number of pyridine rings is 1. The Morgan fingerprint density at radius 3 is 2.51 bits per heavy atom. The molecule has 4 amide bonds. The van der Waals surface area contributed by atoms with Gasteiger partial charge in [0, 0.05) is 23.1 Å². The van der Waals surface area contributed by atoms with Crippen LogP contribution in [0, 0.1) is 17.8 Å². The largest absolute Gasteiger partial charge is 0.494 e. The molecule has 0 spiro atoms. The predicted octanol–water partition coefficient (Wildman–Crippen LogP) is 2.72. The van der Waals surface area contributed by atoms with Crippen LogP contribution in [0.4, 0.5) is 4.79 Å². The summed E-state index contributed by atoms with van der Waals surface area (Å²) < 4.78 is 39.5. The summed E-state index contributed by atoms with van der Waals surface area (Å²) in [4.78, 5) is 59.8. The maximum absolute atomic E-state index is 14.3. The highest BCUT2D eigenvalue weighted by molar-refractivity contribution is 7.91. The Morgan fingerprint density at radius 2 is 1.82 bits per heavy atom. The summed E-state index contributed by atoms with van der Waals surface area (Å²) in [5.74, 6) is -1.99. The van der Waals surface area contributed by atoms with Gasteiger partial charge < -0.3 is 30.1 Å². The van der Waals surface area contributed by atoms with Crippen molar-refractivity contribution < 1.29 is 42.2 Å². The number of nitrogens with zero attached hydrogens (tertiary/aromatic N) is 2. The molecular weight excluding hydrogens is 654 g/mol. The molecule has 0 bridgehead atoms. The molecule has 264 valence electrons. The summed E-state index contributed by atoms with van der Waals surface area (Å²) in [6, 6.07) is 5.06. The molecule has 14 nitrogen and oxygen atoms in total. The van der Waals surface area contributed by atoms with E-state index in [0.717, 1.165) is 11.8 Å². The molecule has 1 aromatic heterocycles. The topological polar surface area (TPSA) is 193 Å². The Morgan fingerprint density at radius 1 is 1.08 bits per heavy atom. The van der Waals surface area contributed by atoms with Gasteiger partial charge in [-0.3, -0.25) is 19.1 Å². The van der Waals surface area contributed by atoms with Gasteiger partial charge >= 0.3 is 6.09 Å². The lowest BCUT2D eigenvalue weighted by atomic mass is 9.92. The fraction of sp³-hybridized carbons (Fsp3) is 0.559. The van der Waals surface area contributed by atoms with E-state index >= 15 is 0 Å². The van der Waals surface area contributed by atoms with Crippen molar-refractivity contribution in [1.29, 1.82) is 0 Å². The number of amides is 4. The number of hydrogen-bond donors (Lipinski definition) is 4. The van der Waals surface area contributed by atoms with E-state index in [0.29, 0.717) is 36.8 Å². The number of allylic oxidation sites excluding steroid dienone is 1. The first kappa shape index (κ1) is 34.5. The second kappa shape index (κ2) is 13.5. The molecule has 4 aliphatic rings. The number of carbonyl (C=O) groups excluding carboxylic acids is 3. The van der Waals surface area contributed by atoms with Crippen LogP contribution in [0.25, 0.3) is 10.8 Å². The molecule has 3 heterocycles. The van der Waals surface area contributed by atoms with Crippen LogP contribution < -0.4 is 24.8 Å². The van der Waals surface area contributed by atoms with E-state index in [1.165, 1.54) is 18.2 Å². The second-order valence-electron chi connectivity index (χ2n) is 13.8. The summed E-state index contributed by atoms with van der Waals surface area (Å²) in [6.45, 7) is 3.76. The van der Waals surface area contributed by atoms with Gasteiger partial charge in [0.1, 0.15) is 29.5 Å². The number of ether oxygens (including phenoxy) is 2. The first-order valence-corrected chi connectivity index (χ1v) is 18.3. The van der Waals surface area contributed by atoms with Crippen molar-refractivity contribution in [2.75, 3.05) is 13.7 Å². The summed E-state index contributed by atoms with van der Waals surface area (Å²) in [6.07, 6.45) is 6.39. The highest BCUT2D eigenvalue weighted by atomic mass is 32.2. The molecule has 1 saturated heterocycles. The van der Waals surface area contributed by atoms with Crippen molar-refractivity contribution in [3.05, 3.63) is 42.6 Å². The fourth-order valence-corrected chi connectivity index (χ4v) is 8.37. The summed E-state index contributed by atoms with van der Waals surface area (Å²) in [5, 5.41) is 15.7. The minimum absolute atomic E-state index is 0.0173. The second-order valence-corrected chi connectivity index (χ2v) is 15.8. The summed E-state index contributed by atoms with van der Waals surface area (Å²) in [7, 11) is -2.36. The standard InChI is InChI=1S/C34H43N5O9S/c1-19-7-6-8-20(2)28(36-33(43)44)31(41)39-18-22(48-30-25-10-5-4-9-24(25)27(47-3)17-35-30)15-26(39)29(40)37-34(16-21(34)12-11-19)32(42)38-49(45,46)23-13-14-23/h4-5,9-12,17,19-23,26,28,36H,6-8,13-16,18H2,1-3H3,(H,37,40)(H,38,42)(H,43,44)/t19?,20-,21-,22-,26+,28+,34-/m1/s1. The van der Waals surface area contributed by atoms with Gasteiger partial charge in [0.15, 0.2) is 0 Å². The molecule has 49 heavy (non-hydrogen) atoms. The number of aromatic nitrogens is 1. The number of methoxy groups -OCH3 is 1. The maximum atomic E-state index is 14.3. The van der Waals surface area contributed by atoms with Gasteiger partial charge in [-0.25, -0.2) is 18.2 Å². The zero-order valence-corrected chi connectivity index (χ0v) is 28.6. The van der Waals surface area contributed by atoms with Gasteiger partial charge in [0.2, 0.25) is 27.7 Å². The zero-order valence-electron chi connectivity index (χ0n) is 27.8. The van der Waals surface area contributed by atoms with Crippen molar-refractivity contribution in [2.45, 2.75) is 87.8 Å². The average Bonchev–Trinajstić information content (AvgIpc) is 3.99. The van der Waals surface area contributed by atoms with Crippen LogP contribution in [0.2, 0.25) is 0 Å². The van der Waals surface area contributed by atoms with Crippen molar-refractivity contribution in [1.82, 2.24) is 25.2 Å². The van der Waals surface area contributed by atoms with Crippen LogP contribution >= 0.6 is 0 Å². The maximum Gasteiger partial charge on any atom is 0.405 e. The number of hydrogen-bond acceptors (Lipinski definition) is 9. The monoisotopic (exact) mass is 697 g/mol. The highest BCUT2D eigenvalue weighted by Gasteiger charge is 2.62. The Bertz CT molecular complexity index is 1780. The van der Waals surface area contributed by atoms with Crippen LogP contribution in [0.3, 0.4) is 0 Å². The lowest BCUT2D eigenvalue weighted by molar-refractivity contribution is -0.142. The highest BCUT2D eigenvalue weighted by Crippen LogP contribution is 2.46. The minimum atomic E-state index is -3.90. The van der Waals surface area contributed by atoms with E-state index in [2.05, 4.69) is 20.3 Å². The number of carboxylic acid groups (broad SMARTS) is 1. The molecule has 6 rings (SSSR count). The van der Waals surface area contributed by atoms with E-state index in [1.54, 1.807) is 6.92 Å². The Balaban J connectivity index is 1.34. The molecule has 4 N–H and O–H groups in total. The Hall–Kier alpha value is -4.40. The van der Waals surface area contributed by atoms with Gasteiger partial charge in [-0.2, -0.15) is 0 Å². The molecule has 3 fully saturated rings. The quantitative estimate of drug-likeness (QED) is 0.313. The van der Waals surface area contributed by atoms with E-state index in [4.69, 9.17) is 9.47 Å². The van der Waals surface area contributed by atoms with Crippen molar-refractivity contribution >= 4 is 44.6 Å². The smallest absolute Gasteiger partial charge is 0.405 e. The molecule has 2 saturated carbocycles. The molecule has 2 aromatic rings. The van der Waals surface area contributed by atoms with E-state index in [-0.39, 0.29) is 37.1 Å². The third-order valence-corrected chi connectivity index (χ3v) is 12.0. The molecule has 7 atom stereocenters. The lowest BCUT2D eigenvalue weighted by Crippen LogP contribution is -2.59. The van der Waals surface area contributed by atoms with Crippen molar-refractivity contribution in [3.63, 3.8) is 0 Å². The van der Waals surface area contributed by atoms with Gasteiger partial charge in [0.25, 0.3) is 5.91 Å². The SMILES string of the molecule is COc1cnc(O[C@@H]2C[C@H]3C(=O)N[C@]4(C(=O)NS(=O)(=O)C5CC5)C[C@H]4C=CC(C)CCC[C@@H](C)[C@H](NC(=O)O)C(=O)N3C2)c2ccccc12. The number of sulfonamides is 1. The van der Waals surface area contributed by atoms with Gasteiger partial charge in [-0.05, 0) is 50.0 Å². The average molecular weight is 698 g/mol. The summed E-state index contributed by atoms with van der Waals surface area (Å²) >= 11 is 0. The first-order valence-electron chi connectivity index (χ1n) is 16.8. The van der Waals surface area contributed by atoms with E-state index in [1.807, 2.05) is 43.3 Å². The van der Waals surface area contributed by atoms with E-state index in [9.17, 15) is 32.7 Å². The fourth-order valence-electron chi connectivity index (χ4n) is 7.00. The first-order chi connectivity index (χ1) is 23.3. The zero-order chi connectivity index (χ0) is 35.1. The van der Waals surface area contributed by atoms with Gasteiger partial charge in [-0.15, -0.1) is 0 Å². The molecule has 1 aromatic carbocycles. The number of carbonyl (C=O) groups is 4. The third-order valence-electron chi connectivity index (χ3n) is 10.1. The van der Waals surface area contributed by atoms with Crippen LogP contribution in [0.1, 0.15) is 58.8 Å². The van der Waals surface area contributed by atoms with Crippen LogP contribution in [-0.2, 0) is 24.4 Å². The van der Waals surface area contributed by atoms with E-state index < -0.39 is 68.7 Å². The van der Waals surface area contributed by atoms with Crippen LogP contribution in [0.5, 0.6) is 11.6 Å². The normalized spacial score (nSPS) is 30.6. The van der Waals surface area contributed by atoms with Crippen molar-refractivity contribution in [3.8, 4) is 11.6 Å². The molecule has 1 unspecified atom stereocenters. The number of rotatable bonds is 7. The number of benzene rings is 1. The van der Waals surface area contributed by atoms with Crippen LogP contribution in [-0.4, -0.2) is 89.9 Å². The molecule has 0 radical (unpaired) electrons. The summed E-state index contributed by atoms with van der Waals surface area (Å²) in [5.41, 5.74) is -1.52.